The quantitative estimate of drug-likeness (QED) is 0.263. The van der Waals surface area contributed by atoms with Crippen LogP contribution in [0, 0.1) is 0 Å². The number of ether oxygens (including phenoxy) is 2. The minimum atomic E-state index is -1.89. The molecule has 0 rings (SSSR count). The van der Waals surface area contributed by atoms with Crippen LogP contribution in [0.25, 0.3) is 0 Å². The van der Waals surface area contributed by atoms with Gasteiger partial charge >= 0.3 is 0 Å². The summed E-state index contributed by atoms with van der Waals surface area (Å²) in [5, 5.41) is 0.168. The molecule has 0 aliphatic heterocycles. The van der Waals surface area contributed by atoms with Crippen molar-refractivity contribution in [2.75, 3.05) is 20.3 Å². The molecule has 0 aromatic heterocycles. The molecular weight excluding hydrogens is 304 g/mol. The highest BCUT2D eigenvalue weighted by molar-refractivity contribution is 6.74. The van der Waals surface area contributed by atoms with E-state index in [1.807, 2.05) is 6.08 Å². The van der Waals surface area contributed by atoms with Crippen LogP contribution in [0.4, 0.5) is 0 Å². The van der Waals surface area contributed by atoms with E-state index < -0.39 is 8.32 Å². The van der Waals surface area contributed by atoms with Crippen molar-refractivity contribution >= 4 is 8.32 Å². The first-order valence-corrected chi connectivity index (χ1v) is 11.9. The molecule has 0 aliphatic carbocycles. The highest BCUT2D eigenvalue weighted by Gasteiger charge is 2.44. The Morgan fingerprint density at radius 1 is 1.17 bits per heavy atom. The van der Waals surface area contributed by atoms with Crippen LogP contribution in [0.5, 0.6) is 0 Å². The predicted octanol–water partition coefficient (Wildman–Crippen LogP) is 5.56. The zero-order valence-electron chi connectivity index (χ0n) is 16.8. The summed E-state index contributed by atoms with van der Waals surface area (Å²) in [5.41, 5.74) is -0.351. The molecule has 138 valence electrons. The van der Waals surface area contributed by atoms with Gasteiger partial charge in [0.05, 0.1) is 18.3 Å². The van der Waals surface area contributed by atoms with Crippen LogP contribution in [-0.4, -0.2) is 40.3 Å². The third-order valence-electron chi connectivity index (χ3n) is 5.15. The number of allylic oxidation sites excluding steroid dienone is 1. The zero-order chi connectivity index (χ0) is 18.1. The molecule has 0 N–H and O–H groups in total. The summed E-state index contributed by atoms with van der Waals surface area (Å²) in [7, 11) is -0.113. The minimum absolute atomic E-state index is 0.0507. The van der Waals surface area contributed by atoms with Gasteiger partial charge in [0.1, 0.15) is 0 Å². The second kappa shape index (κ2) is 9.97. The fourth-order valence-corrected chi connectivity index (χ4v) is 3.47. The van der Waals surface area contributed by atoms with Gasteiger partial charge < -0.3 is 13.9 Å². The molecule has 3 nitrogen and oxygen atoms in total. The molecule has 0 unspecified atom stereocenters. The SMILES string of the molecule is C=CCC[C@@](C)(OC)[C@@H](COCCCC)O[Si](C)(C)C(C)(C)C. The molecule has 23 heavy (non-hydrogen) atoms. The van der Waals surface area contributed by atoms with Crippen molar-refractivity contribution in [2.45, 2.75) is 90.1 Å². The average molecular weight is 345 g/mol. The first kappa shape index (κ1) is 22.8. The zero-order valence-corrected chi connectivity index (χ0v) is 17.8. The van der Waals surface area contributed by atoms with Crippen LogP contribution >= 0.6 is 0 Å². The van der Waals surface area contributed by atoms with Gasteiger partial charge in [0.15, 0.2) is 8.32 Å². The number of unbranched alkanes of at least 4 members (excludes halogenated alkanes) is 1. The Hall–Kier alpha value is -0.163. The van der Waals surface area contributed by atoms with Crippen molar-refractivity contribution in [1.82, 2.24) is 0 Å². The van der Waals surface area contributed by atoms with Gasteiger partial charge in [-0.15, -0.1) is 6.58 Å². The predicted molar refractivity (Wildman–Crippen MR) is 103 cm³/mol. The van der Waals surface area contributed by atoms with Crippen LogP contribution < -0.4 is 0 Å². The maximum atomic E-state index is 6.69. The molecule has 0 saturated carbocycles. The Labute approximate surface area is 145 Å². The van der Waals surface area contributed by atoms with Crippen molar-refractivity contribution in [3.63, 3.8) is 0 Å². The van der Waals surface area contributed by atoms with E-state index in [0.717, 1.165) is 32.3 Å². The Morgan fingerprint density at radius 3 is 2.22 bits per heavy atom. The largest absolute Gasteiger partial charge is 0.409 e. The Kier molecular flexibility index (Phi) is 9.90. The van der Waals surface area contributed by atoms with E-state index in [4.69, 9.17) is 13.9 Å². The van der Waals surface area contributed by atoms with E-state index in [-0.39, 0.29) is 16.7 Å². The van der Waals surface area contributed by atoms with Gasteiger partial charge in [0.2, 0.25) is 0 Å². The molecule has 0 fully saturated rings. The normalized spacial score (nSPS) is 16.9. The molecule has 0 amide bonds. The lowest BCUT2D eigenvalue weighted by molar-refractivity contribution is -0.114. The molecule has 0 heterocycles. The third-order valence-corrected chi connectivity index (χ3v) is 9.63. The third kappa shape index (κ3) is 7.51. The van der Waals surface area contributed by atoms with E-state index in [9.17, 15) is 0 Å². The van der Waals surface area contributed by atoms with E-state index in [1.54, 1.807) is 7.11 Å². The van der Waals surface area contributed by atoms with Gasteiger partial charge in [-0.05, 0) is 44.3 Å². The highest BCUT2D eigenvalue weighted by atomic mass is 28.4. The topological polar surface area (TPSA) is 27.7 Å². The first-order chi connectivity index (χ1) is 10.5. The maximum Gasteiger partial charge on any atom is 0.192 e. The number of hydrogen-bond acceptors (Lipinski definition) is 3. The van der Waals surface area contributed by atoms with Crippen molar-refractivity contribution in [1.29, 1.82) is 0 Å². The van der Waals surface area contributed by atoms with Crippen molar-refractivity contribution in [3.05, 3.63) is 12.7 Å². The summed E-state index contributed by atoms with van der Waals surface area (Å²) in [6, 6.07) is 0. The van der Waals surface area contributed by atoms with Crippen molar-refractivity contribution < 1.29 is 13.9 Å². The monoisotopic (exact) mass is 344 g/mol. The lowest BCUT2D eigenvalue weighted by Crippen LogP contribution is -2.54. The Balaban J connectivity index is 5.15. The second-order valence-electron chi connectivity index (χ2n) is 8.14. The van der Waals surface area contributed by atoms with Crippen molar-refractivity contribution in [3.8, 4) is 0 Å². The summed E-state index contributed by atoms with van der Waals surface area (Å²) in [4.78, 5) is 0. The molecule has 2 atom stereocenters. The number of hydrogen-bond donors (Lipinski definition) is 0. The molecular formula is C19H40O3Si. The standard InChI is InChI=1S/C19H40O3Si/c1-10-12-14-19(6,20-7)17(16-21-15-13-11-2)22-23(8,9)18(3,4)5/h10,17H,1,11-16H2,2-9H3/t17-,19-/m1/s1. The highest BCUT2D eigenvalue weighted by Crippen LogP contribution is 2.39. The minimum Gasteiger partial charge on any atom is -0.409 e. The number of methoxy groups -OCH3 is 1. The second-order valence-corrected chi connectivity index (χ2v) is 12.9. The van der Waals surface area contributed by atoms with E-state index in [0.29, 0.717) is 6.61 Å². The maximum absolute atomic E-state index is 6.69. The molecule has 0 aromatic carbocycles. The van der Waals surface area contributed by atoms with Crippen molar-refractivity contribution in [2.24, 2.45) is 0 Å². The van der Waals surface area contributed by atoms with Gasteiger partial charge in [-0.1, -0.05) is 40.2 Å². The average Bonchev–Trinajstić information content (AvgIpc) is 2.46. The lowest BCUT2D eigenvalue weighted by atomic mass is 9.93. The molecule has 0 radical (unpaired) electrons. The fourth-order valence-electron chi connectivity index (χ4n) is 2.09. The summed E-state index contributed by atoms with van der Waals surface area (Å²) < 4.78 is 18.5. The Morgan fingerprint density at radius 2 is 1.78 bits per heavy atom. The molecule has 0 aromatic rings. The fraction of sp³-hybridized carbons (Fsp3) is 0.895. The Bertz CT molecular complexity index is 336. The van der Waals surface area contributed by atoms with Gasteiger partial charge in [0.25, 0.3) is 0 Å². The van der Waals surface area contributed by atoms with Crippen LogP contribution in [-0.2, 0) is 13.9 Å². The lowest BCUT2D eigenvalue weighted by Gasteiger charge is -2.45. The first-order valence-electron chi connectivity index (χ1n) is 8.95. The van der Waals surface area contributed by atoms with E-state index in [2.05, 4.69) is 54.3 Å². The molecule has 0 saturated heterocycles. The van der Waals surface area contributed by atoms with E-state index in [1.165, 1.54) is 0 Å². The number of rotatable bonds is 12. The van der Waals surface area contributed by atoms with Gasteiger partial charge in [0, 0.05) is 13.7 Å². The molecule has 0 spiro atoms. The van der Waals surface area contributed by atoms with Crippen LogP contribution in [0.1, 0.15) is 60.3 Å². The molecule has 0 aliphatic rings. The van der Waals surface area contributed by atoms with Crippen LogP contribution in [0.2, 0.25) is 18.1 Å². The smallest absolute Gasteiger partial charge is 0.192 e. The summed E-state index contributed by atoms with van der Waals surface area (Å²) in [5.74, 6) is 0. The van der Waals surface area contributed by atoms with Gasteiger partial charge in [-0.2, -0.15) is 0 Å². The van der Waals surface area contributed by atoms with Gasteiger partial charge in [-0.25, -0.2) is 0 Å². The summed E-state index contributed by atoms with van der Waals surface area (Å²) in [6.07, 6.45) is 5.93. The summed E-state index contributed by atoms with van der Waals surface area (Å²) in [6.45, 7) is 20.9. The van der Waals surface area contributed by atoms with Crippen LogP contribution in [0.15, 0.2) is 12.7 Å². The van der Waals surface area contributed by atoms with Gasteiger partial charge in [-0.3, -0.25) is 0 Å². The molecule has 0 bridgehead atoms. The van der Waals surface area contributed by atoms with Crippen LogP contribution in [0.3, 0.4) is 0 Å². The van der Waals surface area contributed by atoms with E-state index >= 15 is 0 Å². The molecule has 4 heteroatoms. The summed E-state index contributed by atoms with van der Waals surface area (Å²) >= 11 is 0.